The van der Waals surface area contributed by atoms with Crippen molar-refractivity contribution in [1.29, 1.82) is 0 Å². The quantitative estimate of drug-likeness (QED) is 0.0292. The molecule has 0 aliphatic carbocycles. The molecule has 4 rings (SSSR count). The molecule has 9 heteroatoms. The number of aryl methyl sites for hydroxylation is 4. The second-order valence-electron chi connectivity index (χ2n) is 17.1. The fourth-order valence-corrected chi connectivity index (χ4v) is 10.2. The Bertz CT molecular complexity index is 1900. The number of hydrogen-bond donors (Lipinski definition) is 0. The Morgan fingerprint density at radius 1 is 0.344 bits per heavy atom. The smallest absolute Gasteiger partial charge is 0.744 e. The van der Waals surface area contributed by atoms with Gasteiger partial charge in [-0.25, -0.2) is 16.8 Å². The van der Waals surface area contributed by atoms with Crippen LogP contribution in [0.1, 0.15) is 204 Å². The van der Waals surface area contributed by atoms with Gasteiger partial charge >= 0.3 is 48.9 Å². The van der Waals surface area contributed by atoms with Crippen LogP contribution in [0.15, 0.2) is 70.5 Å². The maximum Gasteiger partial charge on any atom is 2.00 e. The summed E-state index contributed by atoms with van der Waals surface area (Å²) in [4.78, 5) is -0.0550. The monoisotopic (exact) mass is 1000 g/mol. The van der Waals surface area contributed by atoms with Crippen molar-refractivity contribution in [2.75, 3.05) is 0 Å². The van der Waals surface area contributed by atoms with Gasteiger partial charge in [-0.2, -0.15) is 0 Å². The van der Waals surface area contributed by atoms with Crippen LogP contribution in [0.25, 0.3) is 21.5 Å². The molecule has 4 aromatic carbocycles. The van der Waals surface area contributed by atoms with Crippen LogP contribution in [0.5, 0.6) is 0 Å². The summed E-state index contributed by atoms with van der Waals surface area (Å²) >= 11 is 0. The zero-order chi connectivity index (χ0) is 43.6. The van der Waals surface area contributed by atoms with Crippen molar-refractivity contribution < 1.29 is 25.9 Å². The summed E-state index contributed by atoms with van der Waals surface area (Å²) in [6, 6.07) is 19.1. The maximum absolute atomic E-state index is 11.9. The van der Waals surface area contributed by atoms with Gasteiger partial charge in [0.05, 0.1) is 9.79 Å². The van der Waals surface area contributed by atoms with E-state index in [-0.39, 0.29) is 58.7 Å². The first-order chi connectivity index (χ1) is 29.0. The van der Waals surface area contributed by atoms with E-state index in [1.807, 2.05) is 36.4 Å². The van der Waals surface area contributed by atoms with Crippen LogP contribution in [0.4, 0.5) is 0 Å². The van der Waals surface area contributed by atoms with Gasteiger partial charge in [-0.1, -0.05) is 205 Å². The molecule has 0 spiro atoms. The van der Waals surface area contributed by atoms with E-state index in [4.69, 9.17) is 0 Å². The molecule has 6 nitrogen and oxygen atoms in total. The number of fused-ring (bicyclic) bond motifs is 2. The molecule has 0 bridgehead atoms. The summed E-state index contributed by atoms with van der Waals surface area (Å²) in [6.07, 6.45) is 32.1. The molecule has 61 heavy (non-hydrogen) atoms. The van der Waals surface area contributed by atoms with E-state index in [9.17, 15) is 25.9 Å². The molecule has 0 radical (unpaired) electrons. The first-order valence-corrected chi connectivity index (χ1v) is 26.8. The van der Waals surface area contributed by atoms with E-state index in [1.54, 1.807) is 12.1 Å². The Morgan fingerprint density at radius 3 is 0.918 bits per heavy atom. The summed E-state index contributed by atoms with van der Waals surface area (Å²) in [7, 11) is -8.94. The van der Waals surface area contributed by atoms with Gasteiger partial charge in [0.15, 0.2) is 0 Å². The molecule has 0 aliphatic rings. The van der Waals surface area contributed by atoms with Crippen molar-refractivity contribution in [3.8, 4) is 0 Å². The Kier molecular flexibility index (Phi) is 29.0. The van der Waals surface area contributed by atoms with Crippen LogP contribution < -0.4 is 0 Å². The molecule has 0 atom stereocenters. The summed E-state index contributed by atoms with van der Waals surface area (Å²) in [5.41, 5.74) is 3.98. The van der Waals surface area contributed by atoms with Crippen molar-refractivity contribution in [3.05, 3.63) is 82.9 Å². The predicted octanol–water partition coefficient (Wildman–Crippen LogP) is 14.7. The number of benzene rings is 4. The molecule has 0 fully saturated rings. The van der Waals surface area contributed by atoms with Gasteiger partial charge in [-0.15, -0.1) is 0 Å². The fourth-order valence-electron chi connectivity index (χ4n) is 8.71. The fraction of sp³-hybridized carbons (Fsp3) is 0.615. The third kappa shape index (κ3) is 20.2. The van der Waals surface area contributed by atoms with Crippen molar-refractivity contribution in [3.63, 3.8) is 0 Å². The Labute approximate surface area is 412 Å². The van der Waals surface area contributed by atoms with Gasteiger partial charge in [-0.05, 0) is 107 Å². The average molecular weight is 1000 g/mol. The molecular weight excluding hydrogens is 922 g/mol. The zero-order valence-electron chi connectivity index (χ0n) is 38.5. The average Bonchev–Trinajstić information content (AvgIpc) is 3.22. The molecule has 0 amide bonds. The molecule has 0 saturated heterocycles. The Hall–Kier alpha value is -1.21. The van der Waals surface area contributed by atoms with Crippen LogP contribution in [0, 0.1) is 0 Å². The topological polar surface area (TPSA) is 114 Å². The normalized spacial score (nSPS) is 11.8. The first-order valence-electron chi connectivity index (χ1n) is 24.0. The number of rotatable bonds is 30. The van der Waals surface area contributed by atoms with Crippen LogP contribution in [-0.4, -0.2) is 74.8 Å². The zero-order valence-corrected chi connectivity index (χ0v) is 44.6. The van der Waals surface area contributed by atoms with E-state index in [0.717, 1.165) is 84.0 Å². The van der Waals surface area contributed by atoms with E-state index < -0.39 is 20.2 Å². The SMILES string of the molecule is CCCCCCCCc1cccc2c(CCCCCCCC)c(S(=O)(=O)[O-])ccc12.CCCCCCCCc1cccc2c(CCCCCCCC)c(S(=O)(=O)[O-])ccc12.[Ba+2]. The van der Waals surface area contributed by atoms with Gasteiger partial charge in [0, 0.05) is 0 Å². The first kappa shape index (κ1) is 55.9. The molecular formula is C52H78BaO6S2. The van der Waals surface area contributed by atoms with E-state index in [1.165, 1.54) is 127 Å². The van der Waals surface area contributed by atoms with Gasteiger partial charge in [0.2, 0.25) is 0 Å². The minimum atomic E-state index is -4.47. The Morgan fingerprint density at radius 2 is 0.623 bits per heavy atom. The van der Waals surface area contributed by atoms with Crippen LogP contribution in [0.2, 0.25) is 0 Å². The number of hydrogen-bond acceptors (Lipinski definition) is 6. The molecule has 0 aliphatic heterocycles. The Balaban J connectivity index is 0.000000413. The predicted molar refractivity (Wildman–Crippen MR) is 258 cm³/mol. The molecule has 336 valence electrons. The molecule has 0 heterocycles. The second kappa shape index (κ2) is 31.6. The van der Waals surface area contributed by atoms with Crippen molar-refractivity contribution in [2.45, 2.75) is 217 Å². The molecule has 0 unspecified atom stereocenters. The minimum Gasteiger partial charge on any atom is -0.744 e. The summed E-state index contributed by atoms with van der Waals surface area (Å²) in [6.45, 7) is 8.86. The van der Waals surface area contributed by atoms with Crippen molar-refractivity contribution in [2.24, 2.45) is 0 Å². The van der Waals surface area contributed by atoms with Crippen molar-refractivity contribution in [1.82, 2.24) is 0 Å². The van der Waals surface area contributed by atoms with E-state index in [0.29, 0.717) is 12.8 Å². The van der Waals surface area contributed by atoms with E-state index >= 15 is 0 Å². The summed E-state index contributed by atoms with van der Waals surface area (Å²) < 4.78 is 71.4. The molecule has 4 aromatic rings. The van der Waals surface area contributed by atoms with Gasteiger partial charge in [0.1, 0.15) is 20.2 Å². The van der Waals surface area contributed by atoms with Crippen LogP contribution >= 0.6 is 0 Å². The van der Waals surface area contributed by atoms with Gasteiger partial charge in [-0.3, -0.25) is 0 Å². The standard InChI is InChI=1S/2C26H40O3S.Ba/c2*1-3-5-7-9-11-13-16-22-17-15-19-24-23(22)20-21-26(30(27,28)29)25(24)18-14-12-10-8-6-4-2;/h2*15,17,19-21H,3-14,16,18H2,1-2H3,(H,27,28,29);/q;;+2/p-2. The van der Waals surface area contributed by atoms with Gasteiger partial charge < -0.3 is 9.11 Å². The van der Waals surface area contributed by atoms with Crippen molar-refractivity contribution >= 4 is 90.7 Å². The number of unbranched alkanes of at least 4 members (excludes halogenated alkanes) is 20. The summed E-state index contributed by atoms with van der Waals surface area (Å²) in [5.74, 6) is 0. The third-order valence-electron chi connectivity index (χ3n) is 12.1. The summed E-state index contributed by atoms with van der Waals surface area (Å²) in [5, 5.41) is 4.12. The molecule has 0 aromatic heterocycles. The molecule has 0 N–H and O–H groups in total. The van der Waals surface area contributed by atoms with Gasteiger partial charge in [0.25, 0.3) is 0 Å². The second-order valence-corrected chi connectivity index (χ2v) is 19.8. The largest absolute Gasteiger partial charge is 2.00 e. The minimum absolute atomic E-state index is 0. The van der Waals surface area contributed by atoms with Crippen LogP contribution in [-0.2, 0) is 45.9 Å². The van der Waals surface area contributed by atoms with Crippen LogP contribution in [0.3, 0.4) is 0 Å². The van der Waals surface area contributed by atoms with E-state index in [2.05, 4.69) is 39.8 Å². The third-order valence-corrected chi connectivity index (χ3v) is 14.0. The maximum atomic E-state index is 11.9. The molecule has 0 saturated carbocycles.